The van der Waals surface area contributed by atoms with E-state index < -0.39 is 5.92 Å². The summed E-state index contributed by atoms with van der Waals surface area (Å²) in [5.41, 5.74) is 1.90. The van der Waals surface area contributed by atoms with Gasteiger partial charge in [-0.3, -0.25) is 9.59 Å². The second-order valence-corrected chi connectivity index (χ2v) is 9.57. The third kappa shape index (κ3) is 4.56. The first-order valence-corrected chi connectivity index (χ1v) is 12.0. The Labute approximate surface area is 192 Å². The fraction of sp³-hybridized carbons (Fsp3) is 0.273. The van der Waals surface area contributed by atoms with Crippen LogP contribution in [0.1, 0.15) is 12.0 Å². The van der Waals surface area contributed by atoms with Gasteiger partial charge in [0, 0.05) is 30.5 Å². The van der Waals surface area contributed by atoms with Gasteiger partial charge in [-0.25, -0.2) is 0 Å². The summed E-state index contributed by atoms with van der Waals surface area (Å²) < 4.78 is 11.9. The highest BCUT2D eigenvalue weighted by molar-refractivity contribution is 8.00. The maximum absolute atomic E-state index is 12.8. The van der Waals surface area contributed by atoms with Crippen molar-refractivity contribution in [1.82, 2.24) is 10.2 Å². The molecular weight excluding hydrogens is 448 g/mol. The van der Waals surface area contributed by atoms with Crippen LogP contribution in [0.25, 0.3) is 0 Å². The van der Waals surface area contributed by atoms with Gasteiger partial charge in [-0.1, -0.05) is 53.4 Å². The quantitative estimate of drug-likeness (QED) is 0.436. The second kappa shape index (κ2) is 9.17. The van der Waals surface area contributed by atoms with Crippen molar-refractivity contribution in [2.75, 3.05) is 30.0 Å². The van der Waals surface area contributed by atoms with E-state index in [1.54, 1.807) is 28.8 Å². The number of carbonyl (C=O) groups is 2. The highest BCUT2D eigenvalue weighted by Crippen LogP contribution is 2.36. The number of fused-ring (bicyclic) bond motifs is 1. The molecule has 2 aliphatic rings. The fourth-order valence-corrected chi connectivity index (χ4v) is 5.29. The summed E-state index contributed by atoms with van der Waals surface area (Å²) in [7, 11) is 0. The number of aromatic nitrogens is 2. The van der Waals surface area contributed by atoms with Crippen LogP contribution in [0.15, 0.2) is 52.9 Å². The molecule has 5 rings (SSSR count). The largest absolute Gasteiger partial charge is 0.486 e. The van der Waals surface area contributed by atoms with E-state index in [0.717, 1.165) is 10.1 Å². The number of benzene rings is 2. The van der Waals surface area contributed by atoms with Crippen LogP contribution in [0.4, 0.5) is 10.8 Å². The molecule has 2 aliphatic heterocycles. The number of nitrogens with zero attached hydrogens (tertiary/aromatic N) is 3. The van der Waals surface area contributed by atoms with Crippen molar-refractivity contribution in [2.45, 2.75) is 16.5 Å². The lowest BCUT2D eigenvalue weighted by atomic mass is 10.1. The van der Waals surface area contributed by atoms with Gasteiger partial charge in [-0.05, 0) is 17.7 Å². The first kappa shape index (κ1) is 20.8. The molecule has 164 valence electrons. The van der Waals surface area contributed by atoms with Gasteiger partial charge in [0.1, 0.15) is 13.2 Å². The van der Waals surface area contributed by atoms with Crippen LogP contribution in [0.2, 0.25) is 0 Å². The molecule has 0 radical (unpaired) electrons. The number of carbonyl (C=O) groups excluding carboxylic acids is 2. The number of amides is 2. The van der Waals surface area contributed by atoms with Crippen LogP contribution in [-0.2, 0) is 15.3 Å². The number of rotatable bonds is 6. The Hall–Kier alpha value is -3.11. The van der Waals surface area contributed by atoms with E-state index in [0.29, 0.717) is 42.1 Å². The Bertz CT molecular complexity index is 1140. The van der Waals surface area contributed by atoms with Gasteiger partial charge in [0.25, 0.3) is 0 Å². The van der Waals surface area contributed by atoms with Crippen molar-refractivity contribution < 1.29 is 19.1 Å². The van der Waals surface area contributed by atoms with Gasteiger partial charge < -0.3 is 19.7 Å². The molecule has 1 fully saturated rings. The average Bonchev–Trinajstić information content (AvgIpc) is 3.44. The Morgan fingerprint density at radius 3 is 2.78 bits per heavy atom. The molecule has 2 amide bonds. The number of anilines is 2. The fourth-order valence-electron chi connectivity index (χ4n) is 3.58. The molecule has 8 nitrogen and oxygen atoms in total. The lowest BCUT2D eigenvalue weighted by Crippen LogP contribution is -2.28. The standard InChI is InChI=1S/C22H20N4O4S2/c27-19-10-15(12-26(19)16-6-7-17-18(11-16)30-9-8-29-17)20(28)23-21-24-25-22(32-21)31-13-14-4-2-1-3-5-14/h1-7,11,15H,8-10,12-13H2,(H,23,24,28). The van der Waals surface area contributed by atoms with E-state index in [9.17, 15) is 9.59 Å². The van der Waals surface area contributed by atoms with E-state index in [-0.39, 0.29) is 18.2 Å². The third-order valence-electron chi connectivity index (χ3n) is 5.17. The van der Waals surface area contributed by atoms with Gasteiger partial charge >= 0.3 is 0 Å². The Kier molecular flexibility index (Phi) is 5.95. The van der Waals surface area contributed by atoms with Gasteiger partial charge in [-0.2, -0.15) is 0 Å². The van der Waals surface area contributed by atoms with Crippen molar-refractivity contribution in [1.29, 1.82) is 0 Å². The first-order chi connectivity index (χ1) is 15.7. The summed E-state index contributed by atoms with van der Waals surface area (Å²) in [6.45, 7) is 1.29. The number of nitrogens with one attached hydrogen (secondary N) is 1. The normalized spacial score (nSPS) is 17.4. The number of ether oxygens (including phenoxy) is 2. The van der Waals surface area contributed by atoms with Crippen molar-refractivity contribution in [3.8, 4) is 11.5 Å². The maximum Gasteiger partial charge on any atom is 0.231 e. The molecular formula is C22H20N4O4S2. The van der Waals surface area contributed by atoms with Crippen LogP contribution in [-0.4, -0.2) is 41.8 Å². The molecule has 1 unspecified atom stereocenters. The molecule has 1 saturated heterocycles. The zero-order chi connectivity index (χ0) is 21.9. The van der Waals surface area contributed by atoms with E-state index >= 15 is 0 Å². The third-order valence-corrected chi connectivity index (χ3v) is 7.22. The number of thioether (sulfide) groups is 1. The first-order valence-electron chi connectivity index (χ1n) is 10.2. The molecule has 0 saturated carbocycles. The molecule has 1 aromatic heterocycles. The van der Waals surface area contributed by atoms with Crippen LogP contribution in [0.3, 0.4) is 0 Å². The average molecular weight is 469 g/mol. The molecule has 0 aliphatic carbocycles. The minimum atomic E-state index is -0.458. The Morgan fingerprint density at radius 2 is 1.94 bits per heavy atom. The minimum absolute atomic E-state index is 0.0989. The van der Waals surface area contributed by atoms with Gasteiger partial charge in [0.2, 0.25) is 16.9 Å². The van der Waals surface area contributed by atoms with Crippen LogP contribution in [0, 0.1) is 5.92 Å². The molecule has 3 heterocycles. The summed E-state index contributed by atoms with van der Waals surface area (Å²) in [5.74, 6) is 1.28. The molecule has 2 aromatic carbocycles. The van der Waals surface area contributed by atoms with Crippen molar-refractivity contribution in [3.05, 3.63) is 54.1 Å². The lowest BCUT2D eigenvalue weighted by molar-refractivity contribution is -0.122. The topological polar surface area (TPSA) is 93.7 Å². The molecule has 1 N–H and O–H groups in total. The van der Waals surface area contributed by atoms with Crippen molar-refractivity contribution in [3.63, 3.8) is 0 Å². The van der Waals surface area contributed by atoms with Crippen molar-refractivity contribution in [2.24, 2.45) is 5.92 Å². The minimum Gasteiger partial charge on any atom is -0.486 e. The second-order valence-electron chi connectivity index (χ2n) is 7.37. The smallest absolute Gasteiger partial charge is 0.231 e. The molecule has 3 aromatic rings. The van der Waals surface area contributed by atoms with Gasteiger partial charge in [-0.15, -0.1) is 10.2 Å². The number of hydrogen-bond acceptors (Lipinski definition) is 8. The summed E-state index contributed by atoms with van der Waals surface area (Å²) >= 11 is 2.90. The monoisotopic (exact) mass is 468 g/mol. The Balaban J connectivity index is 1.19. The molecule has 0 bridgehead atoms. The summed E-state index contributed by atoms with van der Waals surface area (Å²) in [6.07, 6.45) is 0.148. The van der Waals surface area contributed by atoms with Crippen LogP contribution < -0.4 is 19.7 Å². The summed E-state index contributed by atoms with van der Waals surface area (Å²) in [5, 5.41) is 11.5. The predicted octanol–water partition coefficient (Wildman–Crippen LogP) is 3.59. The highest BCUT2D eigenvalue weighted by atomic mass is 32.2. The van der Waals surface area contributed by atoms with Gasteiger partial charge in [0.05, 0.1) is 5.92 Å². The van der Waals surface area contributed by atoms with E-state index in [1.165, 1.54) is 16.9 Å². The zero-order valence-electron chi connectivity index (χ0n) is 17.0. The SMILES string of the molecule is O=C(Nc1nnc(SCc2ccccc2)s1)C1CC(=O)N(c2ccc3c(c2)OCCO3)C1. The summed E-state index contributed by atoms with van der Waals surface area (Å²) in [4.78, 5) is 26.9. The van der Waals surface area contributed by atoms with E-state index in [1.807, 2.05) is 24.3 Å². The van der Waals surface area contributed by atoms with Crippen LogP contribution in [0.5, 0.6) is 11.5 Å². The number of hydrogen-bond donors (Lipinski definition) is 1. The predicted molar refractivity (Wildman–Crippen MR) is 122 cm³/mol. The Morgan fingerprint density at radius 1 is 1.12 bits per heavy atom. The van der Waals surface area contributed by atoms with Crippen molar-refractivity contribution >= 4 is 45.7 Å². The highest BCUT2D eigenvalue weighted by Gasteiger charge is 2.36. The lowest BCUT2D eigenvalue weighted by Gasteiger charge is -2.22. The zero-order valence-corrected chi connectivity index (χ0v) is 18.7. The molecule has 10 heteroatoms. The van der Waals surface area contributed by atoms with E-state index in [4.69, 9.17) is 9.47 Å². The molecule has 1 atom stereocenters. The molecule has 32 heavy (non-hydrogen) atoms. The van der Waals surface area contributed by atoms with Crippen LogP contribution >= 0.6 is 23.1 Å². The maximum atomic E-state index is 12.8. The van der Waals surface area contributed by atoms with E-state index in [2.05, 4.69) is 27.6 Å². The summed E-state index contributed by atoms with van der Waals surface area (Å²) in [6, 6.07) is 15.5. The van der Waals surface area contributed by atoms with Gasteiger partial charge in [0.15, 0.2) is 15.8 Å². The molecule has 0 spiro atoms.